The number of rotatable bonds is 3. The molecule has 2 aromatic carbocycles. The van der Waals surface area contributed by atoms with Gasteiger partial charge in [0.1, 0.15) is 28.4 Å². The third kappa shape index (κ3) is 2.89. The monoisotopic (exact) mass is 446 g/mol. The summed E-state index contributed by atoms with van der Waals surface area (Å²) in [5.74, 6) is 0.997. The minimum Gasteiger partial charge on any atom is -0.482 e. The van der Waals surface area contributed by atoms with E-state index < -0.39 is 0 Å². The average molecular weight is 447 g/mol. The summed E-state index contributed by atoms with van der Waals surface area (Å²) in [4.78, 5) is 0. The van der Waals surface area contributed by atoms with Gasteiger partial charge in [0.25, 0.3) is 0 Å². The Morgan fingerprint density at radius 2 is 1.85 bits per heavy atom. The zero-order valence-corrected chi connectivity index (χ0v) is 20.8. The Kier molecular flexibility index (Phi) is 4.36. The van der Waals surface area contributed by atoms with E-state index in [1.165, 1.54) is 61.6 Å². The van der Waals surface area contributed by atoms with Gasteiger partial charge in [-0.3, -0.25) is 0 Å². The molecule has 0 bridgehead atoms. The summed E-state index contributed by atoms with van der Waals surface area (Å²) in [6, 6.07) is 9.00. The fourth-order valence-electron chi connectivity index (χ4n) is 6.07. The van der Waals surface area contributed by atoms with Crippen molar-refractivity contribution in [1.82, 2.24) is 0 Å². The first kappa shape index (κ1) is 19.3. The lowest BCUT2D eigenvalue weighted by molar-refractivity contribution is 0.146. The van der Waals surface area contributed by atoms with E-state index in [2.05, 4.69) is 78.9 Å². The highest BCUT2D eigenvalue weighted by Gasteiger charge is 2.31. The molecule has 162 valence electrons. The third-order valence-corrected chi connectivity index (χ3v) is 8.14. The van der Waals surface area contributed by atoms with Crippen molar-refractivity contribution < 1.29 is 9.16 Å². The van der Waals surface area contributed by atoms with Gasteiger partial charge in [-0.25, -0.2) is 0 Å². The zero-order chi connectivity index (χ0) is 21.9. The van der Waals surface area contributed by atoms with Crippen molar-refractivity contribution in [3.05, 3.63) is 91.7 Å². The quantitative estimate of drug-likeness (QED) is 0.674. The highest BCUT2D eigenvalue weighted by molar-refractivity contribution is 5.99. The van der Waals surface area contributed by atoms with Crippen molar-refractivity contribution in [3.8, 4) is 5.75 Å². The van der Waals surface area contributed by atoms with E-state index in [1.807, 2.05) is 0 Å². The first-order valence-corrected chi connectivity index (χ1v) is 12.8. The maximum Gasteiger partial charge on any atom is 0.147 e. The number of allylic oxidation sites excluding steroid dienone is 6. The Morgan fingerprint density at radius 3 is 2.79 bits per heavy atom. The van der Waals surface area contributed by atoms with Crippen molar-refractivity contribution in [2.45, 2.75) is 37.9 Å². The largest absolute Gasteiger partial charge is 0.482 e. The van der Waals surface area contributed by atoms with Crippen molar-refractivity contribution in [1.29, 1.82) is 0 Å². The first-order valence-electron chi connectivity index (χ1n) is 12.0. The van der Waals surface area contributed by atoms with E-state index in [0.29, 0.717) is 10.5 Å². The SMILES string of the molecule is [SiH3]OC(C1=CCC=c2c1ccc1c2=CCC2=C1C=CCC2)C1C=c2ccc3c(c2O1)C=CC=3. The van der Waals surface area contributed by atoms with Crippen LogP contribution in [0.5, 0.6) is 5.75 Å². The molecule has 3 heteroatoms. The molecule has 0 spiro atoms. The van der Waals surface area contributed by atoms with Crippen molar-refractivity contribution in [2.24, 2.45) is 0 Å². The number of fused-ring (bicyclic) bond motifs is 7. The number of benzene rings is 2. The topological polar surface area (TPSA) is 18.5 Å². The molecule has 4 aliphatic carbocycles. The van der Waals surface area contributed by atoms with E-state index in [0.717, 1.165) is 18.6 Å². The van der Waals surface area contributed by atoms with Crippen molar-refractivity contribution in [3.63, 3.8) is 0 Å². The van der Waals surface area contributed by atoms with Crippen LogP contribution in [0, 0.1) is 0 Å². The van der Waals surface area contributed by atoms with Crippen LogP contribution in [0.15, 0.2) is 54.1 Å². The van der Waals surface area contributed by atoms with E-state index in [-0.39, 0.29) is 12.2 Å². The fourth-order valence-corrected chi connectivity index (χ4v) is 6.59. The highest BCUT2D eigenvalue weighted by Crippen LogP contribution is 2.33. The summed E-state index contributed by atoms with van der Waals surface area (Å²) in [5, 5.41) is 5.17. The van der Waals surface area contributed by atoms with Gasteiger partial charge in [0.2, 0.25) is 0 Å². The second-order valence-corrected chi connectivity index (χ2v) is 9.84. The van der Waals surface area contributed by atoms with E-state index in [4.69, 9.17) is 9.16 Å². The fraction of sp³-hybridized carbons (Fsp3) is 0.200. The molecule has 0 radical (unpaired) electrons. The first-order chi connectivity index (χ1) is 16.3. The molecule has 1 aliphatic heterocycles. The molecule has 0 aromatic heterocycles. The molecule has 0 saturated heterocycles. The van der Waals surface area contributed by atoms with Gasteiger partial charge in [0.05, 0.1) is 0 Å². The van der Waals surface area contributed by atoms with Crippen LogP contribution in [0.1, 0.15) is 42.4 Å². The predicted molar refractivity (Wildman–Crippen MR) is 140 cm³/mol. The van der Waals surface area contributed by atoms with Crippen molar-refractivity contribution >= 4 is 52.0 Å². The molecule has 2 unspecified atom stereocenters. The number of hydrogen-bond acceptors (Lipinski definition) is 2. The lowest BCUT2D eigenvalue weighted by atomic mass is 9.82. The van der Waals surface area contributed by atoms with Crippen LogP contribution >= 0.6 is 0 Å². The Bertz CT molecular complexity index is 1580. The van der Waals surface area contributed by atoms with Crippen LogP contribution in [-0.4, -0.2) is 22.7 Å². The minimum absolute atomic E-state index is 0.0903. The second-order valence-electron chi connectivity index (χ2n) is 9.37. The molecule has 2 aromatic rings. The smallest absolute Gasteiger partial charge is 0.147 e. The summed E-state index contributed by atoms with van der Waals surface area (Å²) in [7, 11) is 0.658. The average Bonchev–Trinajstić information content (AvgIpc) is 3.51. The minimum atomic E-state index is -0.106. The summed E-state index contributed by atoms with van der Waals surface area (Å²) >= 11 is 0. The molecule has 2 nitrogen and oxygen atoms in total. The maximum atomic E-state index is 6.55. The van der Waals surface area contributed by atoms with Gasteiger partial charge < -0.3 is 9.16 Å². The Balaban J connectivity index is 1.29. The van der Waals surface area contributed by atoms with Crippen LogP contribution in [0.3, 0.4) is 0 Å². The van der Waals surface area contributed by atoms with Gasteiger partial charge in [0, 0.05) is 10.8 Å². The van der Waals surface area contributed by atoms with Gasteiger partial charge in [-0.2, -0.15) is 0 Å². The molecule has 2 atom stereocenters. The van der Waals surface area contributed by atoms with Gasteiger partial charge >= 0.3 is 0 Å². The van der Waals surface area contributed by atoms with Crippen LogP contribution in [0.25, 0.3) is 41.5 Å². The second kappa shape index (κ2) is 7.44. The molecule has 0 N–H and O–H groups in total. The Morgan fingerprint density at radius 1 is 0.970 bits per heavy atom. The van der Waals surface area contributed by atoms with Crippen LogP contribution in [-0.2, 0) is 4.43 Å². The maximum absolute atomic E-state index is 6.55. The normalized spacial score (nSPS) is 21.8. The highest BCUT2D eigenvalue weighted by atomic mass is 28.2. The molecule has 0 fully saturated rings. The standard InChI is InChI=1S/C30H26O2Si/c33-32-30(28-17-20-12-11-19-6-3-8-22(19)29(20)31-28)27-10-4-9-23-25-14-13-18-5-1-2-7-21(18)24(25)15-16-26(23)27/h2-3,6-12,14-17,28,30H,1,4-5,13H2,33H3. The summed E-state index contributed by atoms with van der Waals surface area (Å²) in [5.41, 5.74) is 8.18. The van der Waals surface area contributed by atoms with Gasteiger partial charge in [-0.05, 0) is 69.7 Å². The summed E-state index contributed by atoms with van der Waals surface area (Å²) < 4.78 is 12.8. The Labute approximate surface area is 196 Å². The molecule has 0 amide bonds. The van der Waals surface area contributed by atoms with Gasteiger partial charge in [-0.15, -0.1) is 0 Å². The van der Waals surface area contributed by atoms with Gasteiger partial charge in [-0.1, -0.05) is 78.4 Å². The number of ether oxygens (including phenoxy) is 1. The summed E-state index contributed by atoms with van der Waals surface area (Å²) in [6.07, 6.45) is 24.6. The van der Waals surface area contributed by atoms with Crippen molar-refractivity contribution in [2.75, 3.05) is 0 Å². The molecule has 5 aliphatic rings. The lowest BCUT2D eigenvalue weighted by Crippen LogP contribution is -2.39. The van der Waals surface area contributed by atoms with Crippen LogP contribution < -0.4 is 25.6 Å². The predicted octanol–water partition coefficient (Wildman–Crippen LogP) is 2.26. The molecule has 7 rings (SSSR count). The number of hydrogen-bond donors (Lipinski definition) is 0. The summed E-state index contributed by atoms with van der Waals surface area (Å²) in [6.45, 7) is 0. The molecule has 1 heterocycles. The van der Waals surface area contributed by atoms with E-state index >= 15 is 0 Å². The zero-order valence-electron chi connectivity index (χ0n) is 18.8. The van der Waals surface area contributed by atoms with Crippen LogP contribution in [0.4, 0.5) is 0 Å². The van der Waals surface area contributed by atoms with Crippen LogP contribution in [0.2, 0.25) is 0 Å². The van der Waals surface area contributed by atoms with E-state index in [1.54, 1.807) is 5.57 Å². The Hall–Kier alpha value is -3.14. The molecular formula is C30H26O2Si. The third-order valence-electron chi connectivity index (χ3n) is 7.63. The molecular weight excluding hydrogens is 420 g/mol. The lowest BCUT2D eigenvalue weighted by Gasteiger charge is -2.28. The van der Waals surface area contributed by atoms with E-state index in [9.17, 15) is 0 Å². The molecule has 33 heavy (non-hydrogen) atoms. The molecule has 0 saturated carbocycles. The van der Waals surface area contributed by atoms with Gasteiger partial charge in [0.15, 0.2) is 0 Å².